The van der Waals surface area contributed by atoms with E-state index in [2.05, 4.69) is 54.4 Å². The molecule has 1 atom stereocenters. The number of nitrogens with zero attached hydrogens (tertiary/aromatic N) is 1. The van der Waals surface area contributed by atoms with Crippen molar-refractivity contribution >= 4 is 0 Å². The molecule has 1 unspecified atom stereocenters. The Morgan fingerprint density at radius 2 is 1.90 bits per heavy atom. The molecule has 0 aromatic heterocycles. The summed E-state index contributed by atoms with van der Waals surface area (Å²) in [4.78, 5) is 2.42. The van der Waals surface area contributed by atoms with E-state index in [1.54, 1.807) is 0 Å². The molecule has 1 aliphatic carbocycles. The normalized spacial score (nSPS) is 21.6. The van der Waals surface area contributed by atoms with Crippen LogP contribution in [-0.2, 0) is 11.2 Å². The maximum absolute atomic E-state index is 5.70. The second kappa shape index (κ2) is 4.72. The summed E-state index contributed by atoms with van der Waals surface area (Å²) < 4.78 is 5.70. The van der Waals surface area contributed by atoms with Crippen molar-refractivity contribution in [1.82, 2.24) is 4.90 Å². The summed E-state index contributed by atoms with van der Waals surface area (Å²) in [6.45, 7) is 2.67. The van der Waals surface area contributed by atoms with Gasteiger partial charge in [0.05, 0.1) is 19.3 Å². The van der Waals surface area contributed by atoms with Crippen LogP contribution >= 0.6 is 0 Å². The van der Waals surface area contributed by atoms with Crippen molar-refractivity contribution in [1.29, 1.82) is 0 Å². The Hall–Kier alpha value is -1.64. The third-order valence-electron chi connectivity index (χ3n) is 4.64. The highest BCUT2D eigenvalue weighted by Crippen LogP contribution is 2.40. The van der Waals surface area contributed by atoms with Gasteiger partial charge in [-0.3, -0.25) is 4.90 Å². The van der Waals surface area contributed by atoms with E-state index in [0.29, 0.717) is 6.04 Å². The van der Waals surface area contributed by atoms with Gasteiger partial charge in [-0.1, -0.05) is 42.5 Å². The molecule has 1 aliphatic heterocycles. The fourth-order valence-corrected chi connectivity index (χ4v) is 3.51. The van der Waals surface area contributed by atoms with E-state index in [9.17, 15) is 0 Å². The molecule has 0 saturated carbocycles. The van der Waals surface area contributed by atoms with Crippen LogP contribution in [0, 0.1) is 0 Å². The van der Waals surface area contributed by atoms with Gasteiger partial charge in [-0.05, 0) is 41.3 Å². The summed E-state index contributed by atoms with van der Waals surface area (Å²) in [7, 11) is 2.20. The van der Waals surface area contributed by atoms with E-state index in [-0.39, 0.29) is 0 Å². The Bertz CT molecular complexity index is 650. The zero-order valence-corrected chi connectivity index (χ0v) is 11.8. The standard InChI is InChI=1S/C18H19NO/c1-19-9-10-20-12-18(19)16-8-4-7-15-14-6-3-2-5-13(14)11-17(15)16/h2-8,18H,9-12H2,1H3. The lowest BCUT2D eigenvalue weighted by Gasteiger charge is -2.33. The van der Waals surface area contributed by atoms with Crippen LogP contribution in [-0.4, -0.2) is 31.7 Å². The van der Waals surface area contributed by atoms with Gasteiger partial charge in [0, 0.05) is 6.54 Å². The number of ether oxygens (including phenoxy) is 1. The molecule has 1 saturated heterocycles. The molecule has 2 aromatic rings. The molecule has 0 amide bonds. The fraction of sp³-hybridized carbons (Fsp3) is 0.333. The summed E-state index contributed by atoms with van der Waals surface area (Å²) in [6, 6.07) is 15.9. The third kappa shape index (κ3) is 1.80. The average molecular weight is 265 g/mol. The quantitative estimate of drug-likeness (QED) is 0.669. The number of likely N-dealkylation sites (N-methyl/N-ethyl adjacent to an activating group) is 1. The molecule has 2 aromatic carbocycles. The number of hydrogen-bond donors (Lipinski definition) is 0. The number of fused-ring (bicyclic) bond motifs is 3. The van der Waals surface area contributed by atoms with E-state index in [4.69, 9.17) is 4.74 Å². The predicted octanol–water partition coefficient (Wildman–Crippen LogP) is 3.26. The molecule has 2 nitrogen and oxygen atoms in total. The van der Waals surface area contributed by atoms with Gasteiger partial charge in [0.15, 0.2) is 0 Å². The van der Waals surface area contributed by atoms with Crippen LogP contribution in [0.25, 0.3) is 11.1 Å². The second-order valence-electron chi connectivity index (χ2n) is 5.78. The first-order valence-electron chi connectivity index (χ1n) is 7.32. The van der Waals surface area contributed by atoms with Gasteiger partial charge in [-0.15, -0.1) is 0 Å². The van der Waals surface area contributed by atoms with Crippen LogP contribution in [0.1, 0.15) is 22.7 Å². The first kappa shape index (κ1) is 12.1. The lowest BCUT2D eigenvalue weighted by atomic mass is 9.95. The first-order valence-corrected chi connectivity index (χ1v) is 7.32. The smallest absolute Gasteiger partial charge is 0.0664 e. The molecule has 2 heteroatoms. The van der Waals surface area contributed by atoms with Crippen LogP contribution in [0.5, 0.6) is 0 Å². The van der Waals surface area contributed by atoms with Gasteiger partial charge in [0.2, 0.25) is 0 Å². The Kier molecular flexibility index (Phi) is 2.86. The maximum atomic E-state index is 5.70. The Morgan fingerprint density at radius 3 is 2.80 bits per heavy atom. The highest BCUT2D eigenvalue weighted by molar-refractivity contribution is 5.78. The van der Waals surface area contributed by atoms with Gasteiger partial charge in [0.25, 0.3) is 0 Å². The van der Waals surface area contributed by atoms with E-state index < -0.39 is 0 Å². The first-order chi connectivity index (χ1) is 9.84. The van der Waals surface area contributed by atoms with Crippen molar-refractivity contribution in [3.05, 3.63) is 59.2 Å². The van der Waals surface area contributed by atoms with E-state index in [1.807, 2.05) is 0 Å². The average Bonchev–Trinajstić information content (AvgIpc) is 2.86. The van der Waals surface area contributed by atoms with E-state index >= 15 is 0 Å². The molecule has 0 radical (unpaired) electrons. The molecule has 0 spiro atoms. The van der Waals surface area contributed by atoms with Crippen molar-refractivity contribution < 1.29 is 4.74 Å². The molecular formula is C18H19NO. The van der Waals surface area contributed by atoms with Crippen molar-refractivity contribution in [2.24, 2.45) is 0 Å². The van der Waals surface area contributed by atoms with Crippen molar-refractivity contribution in [3.8, 4) is 11.1 Å². The molecule has 102 valence electrons. The molecule has 2 aliphatic rings. The molecule has 4 rings (SSSR count). The summed E-state index contributed by atoms with van der Waals surface area (Å²) in [6.07, 6.45) is 1.06. The molecule has 20 heavy (non-hydrogen) atoms. The van der Waals surface area contributed by atoms with E-state index in [0.717, 1.165) is 26.2 Å². The fourth-order valence-electron chi connectivity index (χ4n) is 3.51. The third-order valence-corrected chi connectivity index (χ3v) is 4.64. The minimum Gasteiger partial charge on any atom is -0.378 e. The highest BCUT2D eigenvalue weighted by Gasteiger charge is 2.27. The number of hydrogen-bond acceptors (Lipinski definition) is 2. The molecule has 1 heterocycles. The highest BCUT2D eigenvalue weighted by atomic mass is 16.5. The minimum absolute atomic E-state index is 0.396. The number of morpholine rings is 1. The molecule has 0 bridgehead atoms. The van der Waals surface area contributed by atoms with Crippen molar-refractivity contribution in [2.45, 2.75) is 12.5 Å². The predicted molar refractivity (Wildman–Crippen MR) is 80.9 cm³/mol. The minimum atomic E-state index is 0.396. The van der Waals surface area contributed by atoms with Gasteiger partial charge >= 0.3 is 0 Å². The van der Waals surface area contributed by atoms with Crippen LogP contribution < -0.4 is 0 Å². The summed E-state index contributed by atoms with van der Waals surface area (Å²) in [5.74, 6) is 0. The Labute approximate surface area is 120 Å². The summed E-state index contributed by atoms with van der Waals surface area (Å²) in [5.41, 5.74) is 7.21. The van der Waals surface area contributed by atoms with Gasteiger partial charge < -0.3 is 4.74 Å². The van der Waals surface area contributed by atoms with Crippen LogP contribution in [0.15, 0.2) is 42.5 Å². The van der Waals surface area contributed by atoms with Crippen molar-refractivity contribution in [2.75, 3.05) is 26.8 Å². The lowest BCUT2D eigenvalue weighted by Crippen LogP contribution is -2.36. The lowest BCUT2D eigenvalue weighted by molar-refractivity contribution is 0.00482. The van der Waals surface area contributed by atoms with Gasteiger partial charge in [-0.2, -0.15) is 0 Å². The summed E-state index contributed by atoms with van der Waals surface area (Å²) in [5, 5.41) is 0. The second-order valence-corrected chi connectivity index (χ2v) is 5.78. The molecular weight excluding hydrogens is 246 g/mol. The summed E-state index contributed by atoms with van der Waals surface area (Å²) >= 11 is 0. The number of rotatable bonds is 1. The number of benzene rings is 2. The van der Waals surface area contributed by atoms with Gasteiger partial charge in [-0.25, -0.2) is 0 Å². The molecule has 1 fully saturated rings. The largest absolute Gasteiger partial charge is 0.378 e. The zero-order valence-electron chi connectivity index (χ0n) is 11.8. The van der Waals surface area contributed by atoms with Gasteiger partial charge in [0.1, 0.15) is 0 Å². The van der Waals surface area contributed by atoms with Crippen LogP contribution in [0.4, 0.5) is 0 Å². The SMILES string of the molecule is CN1CCOCC1c1cccc2c1Cc1ccccc1-2. The Balaban J connectivity index is 1.81. The topological polar surface area (TPSA) is 12.5 Å². The van der Waals surface area contributed by atoms with E-state index in [1.165, 1.54) is 27.8 Å². The zero-order chi connectivity index (χ0) is 13.5. The Morgan fingerprint density at radius 1 is 1.05 bits per heavy atom. The monoisotopic (exact) mass is 265 g/mol. The molecule has 0 N–H and O–H groups in total. The van der Waals surface area contributed by atoms with Crippen LogP contribution in [0.3, 0.4) is 0 Å². The maximum Gasteiger partial charge on any atom is 0.0664 e. The van der Waals surface area contributed by atoms with Crippen LogP contribution in [0.2, 0.25) is 0 Å². The van der Waals surface area contributed by atoms with Crippen molar-refractivity contribution in [3.63, 3.8) is 0 Å².